The lowest BCUT2D eigenvalue weighted by atomic mass is 10.1. The van der Waals surface area contributed by atoms with E-state index >= 15 is 0 Å². The fourth-order valence-electron chi connectivity index (χ4n) is 1.05. The number of ether oxygens (including phenoxy) is 1. The molecule has 0 saturated carbocycles. The minimum Gasteiger partial charge on any atom is -0.368 e. The maximum atomic E-state index is 5.43. The Morgan fingerprint density at radius 2 is 2.11 bits per heavy atom. The van der Waals surface area contributed by atoms with E-state index in [-0.39, 0.29) is 0 Å². The molecule has 0 atom stereocenters. The molecule has 1 fully saturated rings. The van der Waals surface area contributed by atoms with Crippen molar-refractivity contribution in [2.75, 3.05) is 17.7 Å². The van der Waals surface area contributed by atoms with Gasteiger partial charge in [-0.1, -0.05) is 22.6 Å². The van der Waals surface area contributed by atoms with E-state index in [1.54, 1.807) is 0 Å². The van der Waals surface area contributed by atoms with Crippen molar-refractivity contribution in [3.05, 3.63) is 0 Å². The van der Waals surface area contributed by atoms with Gasteiger partial charge in [0.2, 0.25) is 0 Å². The highest BCUT2D eigenvalue weighted by Gasteiger charge is 2.11. The van der Waals surface area contributed by atoms with Crippen LogP contribution in [0.2, 0.25) is 0 Å². The van der Waals surface area contributed by atoms with Gasteiger partial charge in [-0.05, 0) is 25.9 Å². The van der Waals surface area contributed by atoms with Gasteiger partial charge in [0, 0.05) is 0 Å². The first kappa shape index (κ1) is 7.75. The van der Waals surface area contributed by atoms with Crippen LogP contribution in [0, 0.1) is 0 Å². The zero-order chi connectivity index (χ0) is 6.53. The second-order valence-corrected chi connectivity index (χ2v) is 2.85. The normalized spacial score (nSPS) is 22.3. The number of hydrogen-bond acceptors (Lipinski definition) is 2. The van der Waals surface area contributed by atoms with E-state index in [0.29, 0.717) is 6.10 Å². The third kappa shape index (κ3) is 2.82. The van der Waals surface area contributed by atoms with Crippen molar-refractivity contribution in [1.29, 1.82) is 0 Å². The van der Waals surface area contributed by atoms with E-state index in [9.17, 15) is 0 Å². The summed E-state index contributed by atoms with van der Waals surface area (Å²) < 4.78 is 6.27. The van der Waals surface area contributed by atoms with E-state index in [4.69, 9.17) is 4.74 Å². The molecule has 0 aromatic rings. The summed E-state index contributed by atoms with van der Waals surface area (Å²) in [7, 11) is 0. The Morgan fingerprint density at radius 1 is 1.44 bits per heavy atom. The Labute approximate surface area is 69.5 Å². The molecule has 54 valence electrons. The van der Waals surface area contributed by atoms with Gasteiger partial charge in [0.05, 0.1) is 10.7 Å². The summed E-state index contributed by atoms with van der Waals surface area (Å²) in [5.41, 5.74) is 0. The molecule has 0 amide bonds. The SMILES string of the molecule is ICOC1CCNCC1. The van der Waals surface area contributed by atoms with Crippen molar-refractivity contribution in [3.8, 4) is 0 Å². The van der Waals surface area contributed by atoms with Crippen LogP contribution in [0.5, 0.6) is 0 Å². The van der Waals surface area contributed by atoms with E-state index in [0.717, 1.165) is 17.7 Å². The average Bonchev–Trinajstić information content (AvgIpc) is 1.91. The van der Waals surface area contributed by atoms with Crippen LogP contribution in [0.4, 0.5) is 0 Å². The van der Waals surface area contributed by atoms with Gasteiger partial charge in [-0.25, -0.2) is 0 Å². The number of halogens is 1. The van der Waals surface area contributed by atoms with E-state index in [2.05, 4.69) is 27.9 Å². The molecule has 9 heavy (non-hydrogen) atoms. The van der Waals surface area contributed by atoms with Crippen LogP contribution in [0.25, 0.3) is 0 Å². The Morgan fingerprint density at radius 3 is 2.67 bits per heavy atom. The van der Waals surface area contributed by atoms with Crippen molar-refractivity contribution in [2.24, 2.45) is 0 Å². The van der Waals surface area contributed by atoms with Crippen molar-refractivity contribution < 1.29 is 4.74 Å². The summed E-state index contributed by atoms with van der Waals surface area (Å²) in [4.78, 5) is 0. The Hall–Kier alpha value is 0.650. The van der Waals surface area contributed by atoms with Crippen LogP contribution in [0.15, 0.2) is 0 Å². The summed E-state index contributed by atoms with van der Waals surface area (Å²) >= 11 is 2.25. The summed E-state index contributed by atoms with van der Waals surface area (Å²) in [6.07, 6.45) is 2.90. The average molecular weight is 241 g/mol. The van der Waals surface area contributed by atoms with E-state index < -0.39 is 0 Å². The lowest BCUT2D eigenvalue weighted by Gasteiger charge is -2.21. The molecular weight excluding hydrogens is 229 g/mol. The second-order valence-electron chi connectivity index (χ2n) is 2.23. The molecule has 1 heterocycles. The Balaban J connectivity index is 2.08. The van der Waals surface area contributed by atoms with Gasteiger partial charge in [-0.3, -0.25) is 0 Å². The highest BCUT2D eigenvalue weighted by atomic mass is 127. The molecule has 1 rings (SSSR count). The molecule has 1 N–H and O–H groups in total. The predicted octanol–water partition coefficient (Wildman–Crippen LogP) is 1.15. The van der Waals surface area contributed by atoms with Crippen molar-refractivity contribution in [3.63, 3.8) is 0 Å². The van der Waals surface area contributed by atoms with Crippen molar-refractivity contribution >= 4 is 22.6 Å². The first-order valence-corrected chi connectivity index (χ1v) is 4.84. The molecule has 0 aliphatic carbocycles. The fourth-order valence-corrected chi connectivity index (χ4v) is 1.56. The van der Waals surface area contributed by atoms with Crippen LogP contribution in [0.1, 0.15) is 12.8 Å². The van der Waals surface area contributed by atoms with Gasteiger partial charge in [-0.15, -0.1) is 0 Å². The van der Waals surface area contributed by atoms with Gasteiger partial charge in [0.15, 0.2) is 0 Å². The molecule has 1 aliphatic rings. The van der Waals surface area contributed by atoms with Crippen LogP contribution in [-0.2, 0) is 4.74 Å². The number of hydrogen-bond donors (Lipinski definition) is 1. The van der Waals surface area contributed by atoms with Gasteiger partial charge < -0.3 is 10.1 Å². The van der Waals surface area contributed by atoms with Gasteiger partial charge >= 0.3 is 0 Å². The van der Waals surface area contributed by atoms with Gasteiger partial charge in [-0.2, -0.15) is 0 Å². The molecule has 3 heteroatoms. The van der Waals surface area contributed by atoms with Crippen LogP contribution in [0.3, 0.4) is 0 Å². The molecular formula is C6H12INO. The largest absolute Gasteiger partial charge is 0.368 e. The molecule has 0 spiro atoms. The minimum absolute atomic E-state index is 0.531. The summed E-state index contributed by atoms with van der Waals surface area (Å²) in [6, 6.07) is 0. The van der Waals surface area contributed by atoms with Gasteiger partial charge in [0.1, 0.15) is 0 Å². The number of piperidine rings is 1. The van der Waals surface area contributed by atoms with E-state index in [1.807, 2.05) is 0 Å². The number of alkyl halides is 1. The van der Waals surface area contributed by atoms with Crippen LogP contribution >= 0.6 is 22.6 Å². The summed E-state index contributed by atoms with van der Waals surface area (Å²) in [5.74, 6) is 0. The molecule has 1 saturated heterocycles. The maximum Gasteiger partial charge on any atom is 0.0983 e. The van der Waals surface area contributed by atoms with Gasteiger partial charge in [0.25, 0.3) is 0 Å². The first-order chi connectivity index (χ1) is 4.43. The predicted molar refractivity (Wildman–Crippen MR) is 45.9 cm³/mol. The number of rotatable bonds is 2. The van der Waals surface area contributed by atoms with Crippen molar-refractivity contribution in [2.45, 2.75) is 18.9 Å². The lowest BCUT2D eigenvalue weighted by molar-refractivity contribution is 0.0711. The lowest BCUT2D eigenvalue weighted by Crippen LogP contribution is -2.32. The van der Waals surface area contributed by atoms with Crippen molar-refractivity contribution in [1.82, 2.24) is 5.32 Å². The zero-order valence-electron chi connectivity index (χ0n) is 5.40. The Bertz CT molecular complexity index is 70.7. The topological polar surface area (TPSA) is 21.3 Å². The van der Waals surface area contributed by atoms with Crippen LogP contribution < -0.4 is 5.32 Å². The molecule has 0 unspecified atom stereocenters. The molecule has 0 aromatic heterocycles. The standard InChI is InChI=1S/C6H12INO/c7-5-9-6-1-3-8-4-2-6/h6,8H,1-5H2. The minimum atomic E-state index is 0.531. The quantitative estimate of drug-likeness (QED) is 0.578. The molecule has 0 bridgehead atoms. The highest BCUT2D eigenvalue weighted by molar-refractivity contribution is 14.1. The number of nitrogens with one attached hydrogen (secondary N) is 1. The maximum absolute atomic E-state index is 5.43. The van der Waals surface area contributed by atoms with Crippen LogP contribution in [-0.4, -0.2) is 23.8 Å². The third-order valence-electron chi connectivity index (χ3n) is 1.58. The smallest absolute Gasteiger partial charge is 0.0983 e. The zero-order valence-corrected chi connectivity index (χ0v) is 7.56. The fraction of sp³-hybridized carbons (Fsp3) is 1.00. The first-order valence-electron chi connectivity index (χ1n) is 3.32. The second kappa shape index (κ2) is 4.46. The molecule has 2 nitrogen and oxygen atoms in total. The third-order valence-corrected chi connectivity index (χ3v) is 1.94. The summed E-state index contributed by atoms with van der Waals surface area (Å²) in [5, 5.41) is 3.29. The van der Waals surface area contributed by atoms with E-state index in [1.165, 1.54) is 12.8 Å². The summed E-state index contributed by atoms with van der Waals surface area (Å²) in [6.45, 7) is 2.25. The monoisotopic (exact) mass is 241 g/mol. The highest BCUT2D eigenvalue weighted by Crippen LogP contribution is 2.07. The molecule has 1 aliphatic heterocycles. The molecule has 0 aromatic carbocycles. The molecule has 0 radical (unpaired) electrons. The Kier molecular flexibility index (Phi) is 3.85.